The molecular weight excluding hydrogens is 296 g/mol. The number of carbonyl (C=O) groups is 2. The summed E-state index contributed by atoms with van der Waals surface area (Å²) in [4.78, 5) is 25.9. The average molecular weight is 320 g/mol. The predicted molar refractivity (Wildman–Crippen MR) is 84.3 cm³/mol. The number of hydrogen-bond acceptors (Lipinski definition) is 4. The van der Waals surface area contributed by atoms with Gasteiger partial charge >= 0.3 is 6.09 Å². The van der Waals surface area contributed by atoms with Gasteiger partial charge in [-0.05, 0) is 39.0 Å². The van der Waals surface area contributed by atoms with E-state index >= 15 is 0 Å². The van der Waals surface area contributed by atoms with E-state index < -0.39 is 0 Å². The van der Waals surface area contributed by atoms with E-state index in [1.165, 1.54) is 5.69 Å². The minimum atomic E-state index is -0.264. The van der Waals surface area contributed by atoms with Gasteiger partial charge in [-0.15, -0.1) is 0 Å². The number of hydrogen-bond donors (Lipinski definition) is 1. The highest BCUT2D eigenvalue weighted by Crippen LogP contribution is 2.24. The first kappa shape index (κ1) is 15.8. The van der Waals surface area contributed by atoms with Crippen molar-refractivity contribution < 1.29 is 14.3 Å². The lowest BCUT2D eigenvalue weighted by Crippen LogP contribution is -2.46. The Morgan fingerprint density at radius 2 is 2.04 bits per heavy atom. The van der Waals surface area contributed by atoms with Crippen LogP contribution in [0.25, 0.3) is 0 Å². The third kappa shape index (κ3) is 3.18. The number of piperidine rings is 1. The number of aryl methyl sites for hydroxylation is 1. The number of likely N-dealkylation sites (tertiary alicyclic amines) is 1. The van der Waals surface area contributed by atoms with Crippen molar-refractivity contribution in [1.29, 1.82) is 0 Å². The Hall–Kier alpha value is -2.05. The summed E-state index contributed by atoms with van der Waals surface area (Å²) in [5.41, 5.74) is 2.87. The van der Waals surface area contributed by atoms with Gasteiger partial charge in [0.25, 0.3) is 5.91 Å². The van der Waals surface area contributed by atoms with Crippen molar-refractivity contribution in [2.75, 3.05) is 19.7 Å². The van der Waals surface area contributed by atoms with Crippen LogP contribution in [0.5, 0.6) is 0 Å². The van der Waals surface area contributed by atoms with Gasteiger partial charge in [-0.2, -0.15) is 5.10 Å². The van der Waals surface area contributed by atoms with Gasteiger partial charge in [0, 0.05) is 37.4 Å². The topological polar surface area (TPSA) is 76.5 Å². The summed E-state index contributed by atoms with van der Waals surface area (Å²) in [5.74, 6) is -0.0849. The quantitative estimate of drug-likeness (QED) is 0.909. The second-order valence-corrected chi connectivity index (χ2v) is 6.18. The van der Waals surface area contributed by atoms with E-state index in [1.807, 2.05) is 11.7 Å². The summed E-state index contributed by atoms with van der Waals surface area (Å²) >= 11 is 0. The fourth-order valence-corrected chi connectivity index (χ4v) is 3.47. The van der Waals surface area contributed by atoms with Gasteiger partial charge in [0.05, 0.1) is 6.61 Å². The van der Waals surface area contributed by atoms with Crippen LogP contribution < -0.4 is 5.32 Å². The number of amides is 2. The molecule has 7 nitrogen and oxygen atoms in total. The molecule has 3 rings (SSSR count). The molecule has 2 amide bonds. The van der Waals surface area contributed by atoms with E-state index in [9.17, 15) is 9.59 Å². The molecule has 2 heterocycles. The fraction of sp³-hybridized carbons (Fsp3) is 0.688. The first-order valence-corrected chi connectivity index (χ1v) is 8.37. The van der Waals surface area contributed by atoms with E-state index in [1.54, 1.807) is 11.8 Å². The summed E-state index contributed by atoms with van der Waals surface area (Å²) in [6.07, 6.45) is 4.27. The third-order valence-electron chi connectivity index (χ3n) is 4.69. The normalized spacial score (nSPS) is 17.9. The van der Waals surface area contributed by atoms with Crippen LogP contribution in [-0.2, 0) is 24.6 Å². The minimum absolute atomic E-state index is 0.0849. The van der Waals surface area contributed by atoms with E-state index in [0.29, 0.717) is 25.4 Å². The average Bonchev–Trinajstić information content (AvgIpc) is 3.12. The molecule has 0 radical (unpaired) electrons. The maximum Gasteiger partial charge on any atom is 0.409 e. The first-order chi connectivity index (χ1) is 11.1. The molecule has 0 aromatic carbocycles. The lowest BCUT2D eigenvalue weighted by molar-refractivity contribution is 0.0855. The zero-order valence-corrected chi connectivity index (χ0v) is 13.8. The van der Waals surface area contributed by atoms with Crippen molar-refractivity contribution in [2.24, 2.45) is 7.05 Å². The van der Waals surface area contributed by atoms with Crippen LogP contribution in [0.15, 0.2) is 0 Å². The van der Waals surface area contributed by atoms with Gasteiger partial charge < -0.3 is 15.0 Å². The molecule has 0 unspecified atom stereocenters. The molecular formula is C16H24N4O3. The number of nitrogens with one attached hydrogen (secondary N) is 1. The Labute approximate surface area is 136 Å². The number of carbonyl (C=O) groups excluding carboxylic acids is 2. The Kier molecular flexibility index (Phi) is 4.54. The van der Waals surface area contributed by atoms with Gasteiger partial charge in [0.2, 0.25) is 0 Å². The molecule has 1 aliphatic carbocycles. The highest BCUT2D eigenvalue weighted by molar-refractivity contribution is 5.94. The van der Waals surface area contributed by atoms with Gasteiger partial charge in [0.1, 0.15) is 0 Å². The predicted octanol–water partition coefficient (Wildman–Crippen LogP) is 1.26. The summed E-state index contributed by atoms with van der Waals surface area (Å²) in [6, 6.07) is 0.0900. The van der Waals surface area contributed by atoms with Gasteiger partial charge in [-0.3, -0.25) is 9.48 Å². The van der Waals surface area contributed by atoms with Gasteiger partial charge in [-0.1, -0.05) is 0 Å². The van der Waals surface area contributed by atoms with E-state index in [0.717, 1.165) is 37.7 Å². The molecule has 7 heteroatoms. The van der Waals surface area contributed by atoms with Gasteiger partial charge in [-0.25, -0.2) is 4.79 Å². The lowest BCUT2D eigenvalue weighted by Gasteiger charge is -2.31. The summed E-state index contributed by atoms with van der Waals surface area (Å²) in [6.45, 7) is 3.42. The Morgan fingerprint density at radius 3 is 2.74 bits per heavy atom. The fourth-order valence-electron chi connectivity index (χ4n) is 3.47. The standard InChI is InChI=1S/C16H24N4O3/c1-3-23-16(22)20-9-7-11(8-10-20)17-15(21)14-12-5-4-6-13(12)19(2)18-14/h11H,3-10H2,1-2H3,(H,17,21). The molecule has 23 heavy (non-hydrogen) atoms. The SMILES string of the molecule is CCOC(=O)N1CCC(NC(=O)c2nn(C)c3c2CCC3)CC1. The molecule has 1 N–H and O–H groups in total. The smallest absolute Gasteiger partial charge is 0.409 e. The third-order valence-corrected chi connectivity index (χ3v) is 4.69. The van der Waals surface area contributed by atoms with Crippen LogP contribution in [0.3, 0.4) is 0 Å². The van der Waals surface area contributed by atoms with Crippen LogP contribution in [0, 0.1) is 0 Å². The number of rotatable bonds is 3. The van der Waals surface area contributed by atoms with Crippen LogP contribution >= 0.6 is 0 Å². The minimum Gasteiger partial charge on any atom is -0.450 e. The highest BCUT2D eigenvalue weighted by atomic mass is 16.6. The number of nitrogens with zero attached hydrogens (tertiary/aromatic N) is 3. The number of aromatic nitrogens is 2. The summed E-state index contributed by atoms with van der Waals surface area (Å²) in [7, 11) is 1.90. The molecule has 2 aliphatic rings. The Balaban J connectivity index is 1.56. The van der Waals surface area contributed by atoms with Crippen molar-refractivity contribution in [3.05, 3.63) is 17.0 Å². The first-order valence-electron chi connectivity index (χ1n) is 8.37. The maximum atomic E-state index is 12.5. The molecule has 1 fully saturated rings. The van der Waals surface area contributed by atoms with Crippen LogP contribution in [-0.4, -0.2) is 52.4 Å². The largest absolute Gasteiger partial charge is 0.450 e. The monoisotopic (exact) mass is 320 g/mol. The second kappa shape index (κ2) is 6.60. The molecule has 0 atom stereocenters. The zero-order chi connectivity index (χ0) is 16.4. The molecule has 0 bridgehead atoms. The van der Waals surface area contributed by atoms with Crippen molar-refractivity contribution in [2.45, 2.75) is 45.1 Å². The van der Waals surface area contributed by atoms with Crippen LogP contribution in [0.1, 0.15) is 47.9 Å². The summed E-state index contributed by atoms with van der Waals surface area (Å²) in [5, 5.41) is 7.46. The molecule has 0 saturated carbocycles. The van der Waals surface area contributed by atoms with Crippen molar-refractivity contribution in [3.8, 4) is 0 Å². The lowest BCUT2D eigenvalue weighted by atomic mass is 10.0. The van der Waals surface area contributed by atoms with Crippen molar-refractivity contribution in [3.63, 3.8) is 0 Å². The zero-order valence-electron chi connectivity index (χ0n) is 13.8. The Bertz CT molecular complexity index is 603. The molecule has 1 aromatic rings. The van der Waals surface area contributed by atoms with Crippen LogP contribution in [0.4, 0.5) is 4.79 Å². The van der Waals surface area contributed by atoms with Gasteiger partial charge in [0.15, 0.2) is 5.69 Å². The van der Waals surface area contributed by atoms with Crippen molar-refractivity contribution in [1.82, 2.24) is 20.0 Å². The second-order valence-electron chi connectivity index (χ2n) is 6.18. The molecule has 1 aliphatic heterocycles. The molecule has 126 valence electrons. The molecule has 1 aromatic heterocycles. The maximum absolute atomic E-state index is 12.5. The highest BCUT2D eigenvalue weighted by Gasteiger charge is 2.28. The number of ether oxygens (including phenoxy) is 1. The van der Waals surface area contributed by atoms with E-state index in [2.05, 4.69) is 10.4 Å². The van der Waals surface area contributed by atoms with Crippen molar-refractivity contribution >= 4 is 12.0 Å². The molecule has 1 saturated heterocycles. The summed E-state index contributed by atoms with van der Waals surface area (Å²) < 4.78 is 6.84. The van der Waals surface area contributed by atoms with E-state index in [4.69, 9.17) is 4.74 Å². The molecule has 0 spiro atoms. The Morgan fingerprint density at radius 1 is 1.30 bits per heavy atom. The van der Waals surface area contributed by atoms with Crippen LogP contribution in [0.2, 0.25) is 0 Å². The number of fused-ring (bicyclic) bond motifs is 1. The van der Waals surface area contributed by atoms with E-state index in [-0.39, 0.29) is 18.0 Å².